The predicted molar refractivity (Wildman–Crippen MR) is 80.4 cm³/mol. The highest BCUT2D eigenvalue weighted by Crippen LogP contribution is 2.31. The number of hydrogen-bond donors (Lipinski definition) is 1. The van der Waals surface area contributed by atoms with E-state index in [9.17, 15) is 0 Å². The molecule has 2 rings (SSSR count). The lowest BCUT2D eigenvalue weighted by Crippen LogP contribution is -2.20. The third-order valence-corrected chi connectivity index (χ3v) is 4.12. The van der Waals surface area contributed by atoms with Crippen molar-refractivity contribution >= 4 is 11.5 Å². The van der Waals surface area contributed by atoms with Crippen LogP contribution in [0.15, 0.2) is 24.3 Å². The van der Waals surface area contributed by atoms with Crippen LogP contribution < -0.4 is 5.73 Å². The van der Waals surface area contributed by atoms with E-state index in [-0.39, 0.29) is 11.5 Å². The molecule has 0 aliphatic carbocycles. The largest absolute Gasteiger partial charge is 0.323 e. The van der Waals surface area contributed by atoms with Crippen molar-refractivity contribution in [1.82, 2.24) is 9.59 Å². The van der Waals surface area contributed by atoms with Gasteiger partial charge < -0.3 is 5.73 Å². The fraction of sp³-hybridized carbons (Fsp3) is 0.467. The van der Waals surface area contributed by atoms with Crippen LogP contribution in [0.4, 0.5) is 0 Å². The number of hydrogen-bond acceptors (Lipinski definition) is 4. The van der Waals surface area contributed by atoms with Crippen molar-refractivity contribution in [1.29, 1.82) is 0 Å². The standard InChI is InChI=1S/C15H21N3S/c1-10-7-5-6-8-11(10)9-12(16)13-14(15(2,3)4)17-18-19-13/h5-8,12H,9,16H2,1-4H3. The van der Waals surface area contributed by atoms with Gasteiger partial charge in [-0.3, -0.25) is 0 Å². The van der Waals surface area contributed by atoms with E-state index in [1.807, 2.05) is 0 Å². The van der Waals surface area contributed by atoms with E-state index < -0.39 is 0 Å². The van der Waals surface area contributed by atoms with Crippen LogP contribution in [0.1, 0.15) is 48.5 Å². The fourth-order valence-electron chi connectivity index (χ4n) is 2.13. The minimum Gasteiger partial charge on any atom is -0.323 e. The van der Waals surface area contributed by atoms with Gasteiger partial charge in [-0.1, -0.05) is 49.5 Å². The Morgan fingerprint density at radius 1 is 1.26 bits per heavy atom. The Morgan fingerprint density at radius 3 is 2.58 bits per heavy atom. The Labute approximate surface area is 119 Å². The lowest BCUT2D eigenvalue weighted by molar-refractivity contribution is 0.550. The molecule has 3 nitrogen and oxygen atoms in total. The number of aromatic nitrogens is 2. The van der Waals surface area contributed by atoms with Crippen LogP contribution in [0.25, 0.3) is 0 Å². The van der Waals surface area contributed by atoms with Crippen molar-refractivity contribution < 1.29 is 0 Å². The molecule has 0 saturated heterocycles. The van der Waals surface area contributed by atoms with E-state index in [0.29, 0.717) is 0 Å². The molecule has 0 aliphatic rings. The molecule has 19 heavy (non-hydrogen) atoms. The van der Waals surface area contributed by atoms with E-state index >= 15 is 0 Å². The number of benzene rings is 1. The first kappa shape index (κ1) is 14.2. The van der Waals surface area contributed by atoms with Crippen LogP contribution >= 0.6 is 11.5 Å². The molecule has 0 spiro atoms. The Bertz CT molecular complexity index is 555. The second kappa shape index (κ2) is 5.39. The summed E-state index contributed by atoms with van der Waals surface area (Å²) in [6.07, 6.45) is 0.833. The zero-order valence-corrected chi connectivity index (χ0v) is 12.8. The van der Waals surface area contributed by atoms with E-state index in [0.717, 1.165) is 17.0 Å². The summed E-state index contributed by atoms with van der Waals surface area (Å²) < 4.78 is 4.09. The molecule has 0 bridgehead atoms. The Kier molecular flexibility index (Phi) is 4.02. The van der Waals surface area contributed by atoms with Gasteiger partial charge in [-0.25, -0.2) is 0 Å². The highest BCUT2D eigenvalue weighted by Gasteiger charge is 2.25. The van der Waals surface area contributed by atoms with Gasteiger partial charge in [0.05, 0.1) is 10.6 Å². The summed E-state index contributed by atoms with van der Waals surface area (Å²) >= 11 is 1.42. The molecule has 1 atom stereocenters. The van der Waals surface area contributed by atoms with Crippen molar-refractivity contribution in [2.75, 3.05) is 0 Å². The second-order valence-electron chi connectivity index (χ2n) is 5.97. The smallest absolute Gasteiger partial charge is 0.0857 e. The van der Waals surface area contributed by atoms with Crippen molar-refractivity contribution in [2.45, 2.75) is 45.6 Å². The molecule has 1 aromatic carbocycles. The van der Waals surface area contributed by atoms with Crippen LogP contribution in [0.2, 0.25) is 0 Å². The second-order valence-corrected chi connectivity index (χ2v) is 6.76. The topological polar surface area (TPSA) is 51.8 Å². The Hall–Kier alpha value is -1.26. The molecule has 0 aliphatic heterocycles. The molecule has 2 N–H and O–H groups in total. The monoisotopic (exact) mass is 275 g/mol. The van der Waals surface area contributed by atoms with Gasteiger partial charge in [-0.05, 0) is 36.0 Å². The summed E-state index contributed by atoms with van der Waals surface area (Å²) in [7, 11) is 0. The van der Waals surface area contributed by atoms with Gasteiger partial charge in [0, 0.05) is 11.5 Å². The van der Waals surface area contributed by atoms with Gasteiger partial charge in [0.25, 0.3) is 0 Å². The van der Waals surface area contributed by atoms with Crippen molar-refractivity contribution in [2.24, 2.45) is 5.73 Å². The fourth-order valence-corrected chi connectivity index (χ4v) is 2.99. The van der Waals surface area contributed by atoms with Gasteiger partial charge in [0.1, 0.15) is 0 Å². The molecule has 1 heterocycles. The molecule has 0 fully saturated rings. The molecule has 0 amide bonds. The average Bonchev–Trinajstić information content (AvgIpc) is 2.81. The van der Waals surface area contributed by atoms with E-state index in [2.05, 4.69) is 61.5 Å². The van der Waals surface area contributed by atoms with Gasteiger partial charge in [-0.15, -0.1) is 5.10 Å². The first-order valence-corrected chi connectivity index (χ1v) is 7.29. The number of rotatable bonds is 3. The van der Waals surface area contributed by atoms with Gasteiger partial charge in [0.2, 0.25) is 0 Å². The molecular formula is C15H21N3S. The van der Waals surface area contributed by atoms with Gasteiger partial charge in [0.15, 0.2) is 0 Å². The predicted octanol–water partition coefficient (Wildman–Crippen LogP) is 3.39. The van der Waals surface area contributed by atoms with Crippen molar-refractivity contribution in [3.8, 4) is 0 Å². The summed E-state index contributed by atoms with van der Waals surface area (Å²) in [5.74, 6) is 0. The first-order valence-electron chi connectivity index (χ1n) is 6.52. The third-order valence-electron chi connectivity index (χ3n) is 3.26. The normalized spacial score (nSPS) is 13.5. The summed E-state index contributed by atoms with van der Waals surface area (Å²) in [4.78, 5) is 1.11. The summed E-state index contributed by atoms with van der Waals surface area (Å²) in [6.45, 7) is 8.56. The summed E-state index contributed by atoms with van der Waals surface area (Å²) in [5, 5.41) is 4.26. The molecule has 1 unspecified atom stereocenters. The lowest BCUT2D eigenvalue weighted by Gasteiger charge is -2.20. The maximum Gasteiger partial charge on any atom is 0.0857 e. The highest BCUT2D eigenvalue weighted by atomic mass is 32.1. The zero-order valence-electron chi connectivity index (χ0n) is 12.0. The molecule has 0 radical (unpaired) electrons. The van der Waals surface area contributed by atoms with Crippen LogP contribution in [0.5, 0.6) is 0 Å². The van der Waals surface area contributed by atoms with Gasteiger partial charge in [-0.2, -0.15) is 0 Å². The molecular weight excluding hydrogens is 254 g/mol. The van der Waals surface area contributed by atoms with Crippen molar-refractivity contribution in [3.63, 3.8) is 0 Å². The maximum absolute atomic E-state index is 6.37. The Morgan fingerprint density at radius 2 is 1.95 bits per heavy atom. The first-order chi connectivity index (χ1) is 8.89. The number of aryl methyl sites for hydroxylation is 1. The van der Waals surface area contributed by atoms with E-state index in [1.54, 1.807) is 0 Å². The van der Waals surface area contributed by atoms with E-state index in [1.165, 1.54) is 22.7 Å². The summed E-state index contributed by atoms with van der Waals surface area (Å²) in [6, 6.07) is 8.34. The van der Waals surface area contributed by atoms with E-state index in [4.69, 9.17) is 5.73 Å². The molecule has 4 heteroatoms. The Balaban J connectivity index is 2.24. The number of nitrogens with two attached hydrogens (primary N) is 1. The average molecular weight is 275 g/mol. The molecule has 1 aromatic heterocycles. The minimum atomic E-state index is -0.0321. The van der Waals surface area contributed by atoms with Crippen molar-refractivity contribution in [3.05, 3.63) is 46.0 Å². The van der Waals surface area contributed by atoms with Gasteiger partial charge >= 0.3 is 0 Å². The van der Waals surface area contributed by atoms with Crippen LogP contribution in [0.3, 0.4) is 0 Å². The molecule has 2 aromatic rings. The zero-order chi connectivity index (χ0) is 14.0. The van der Waals surface area contributed by atoms with Crippen LogP contribution in [-0.2, 0) is 11.8 Å². The summed E-state index contributed by atoms with van der Waals surface area (Å²) in [5.41, 5.74) is 9.97. The third kappa shape index (κ3) is 3.19. The SMILES string of the molecule is Cc1ccccc1CC(N)c1snnc1C(C)(C)C. The minimum absolute atomic E-state index is 0.00825. The lowest BCUT2D eigenvalue weighted by atomic mass is 9.89. The maximum atomic E-state index is 6.37. The highest BCUT2D eigenvalue weighted by molar-refractivity contribution is 7.05. The van der Waals surface area contributed by atoms with Crippen LogP contribution in [-0.4, -0.2) is 9.59 Å². The number of nitrogens with zero attached hydrogens (tertiary/aromatic N) is 2. The quantitative estimate of drug-likeness (QED) is 0.934. The molecule has 0 saturated carbocycles. The van der Waals surface area contributed by atoms with Crippen LogP contribution in [0, 0.1) is 6.92 Å². The molecule has 102 valence electrons.